The van der Waals surface area contributed by atoms with E-state index in [0.29, 0.717) is 0 Å². The second-order valence-electron chi connectivity index (χ2n) is 4.96. The summed E-state index contributed by atoms with van der Waals surface area (Å²) in [5.41, 5.74) is 2.59. The Bertz CT molecular complexity index is 686. The lowest BCUT2D eigenvalue weighted by atomic mass is 10.1. The van der Waals surface area contributed by atoms with E-state index in [9.17, 15) is 0 Å². The largest absolute Gasteiger partial charge is 0.301 e. The summed E-state index contributed by atoms with van der Waals surface area (Å²) in [7, 11) is 0. The van der Waals surface area contributed by atoms with Crippen LogP contribution in [0.15, 0.2) is 53.9 Å². The summed E-state index contributed by atoms with van der Waals surface area (Å²) < 4.78 is 0.837. The predicted octanol–water partition coefficient (Wildman–Crippen LogP) is 5.65. The molecule has 0 fully saturated rings. The second-order valence-corrected chi connectivity index (χ2v) is 7.68. The van der Waals surface area contributed by atoms with Crippen LogP contribution in [0, 0.1) is 6.92 Å². The van der Waals surface area contributed by atoms with Crippen LogP contribution in [0.5, 0.6) is 0 Å². The van der Waals surface area contributed by atoms with Crippen molar-refractivity contribution in [3.8, 4) is 0 Å². The molecule has 21 heavy (non-hydrogen) atoms. The number of aryl methyl sites for hydroxylation is 1. The van der Waals surface area contributed by atoms with Gasteiger partial charge < -0.3 is 5.32 Å². The van der Waals surface area contributed by atoms with E-state index >= 15 is 0 Å². The minimum atomic E-state index is 0.212. The van der Waals surface area contributed by atoms with Gasteiger partial charge in [0.2, 0.25) is 0 Å². The van der Waals surface area contributed by atoms with Crippen LogP contribution in [0.1, 0.15) is 26.9 Å². The first-order valence-corrected chi connectivity index (χ1v) is 8.87. The van der Waals surface area contributed by atoms with Gasteiger partial charge in [-0.15, -0.1) is 22.7 Å². The summed E-state index contributed by atoms with van der Waals surface area (Å²) in [5, 5.41) is 5.77. The number of nitrogens with one attached hydrogen (secondary N) is 1. The molecule has 2 heterocycles. The number of benzene rings is 1. The van der Waals surface area contributed by atoms with Gasteiger partial charge in [0.25, 0.3) is 0 Å². The smallest absolute Gasteiger partial charge is 0.0931 e. The monoisotopic (exact) mass is 333 g/mol. The first kappa shape index (κ1) is 14.8. The van der Waals surface area contributed by atoms with Gasteiger partial charge >= 0.3 is 0 Å². The van der Waals surface area contributed by atoms with Gasteiger partial charge in [-0.05, 0) is 36.1 Å². The van der Waals surface area contributed by atoms with Crippen molar-refractivity contribution >= 4 is 34.3 Å². The Morgan fingerprint density at radius 1 is 1.05 bits per heavy atom. The Morgan fingerprint density at radius 2 is 1.86 bits per heavy atom. The van der Waals surface area contributed by atoms with E-state index < -0.39 is 0 Å². The average molecular weight is 334 g/mol. The van der Waals surface area contributed by atoms with Crippen molar-refractivity contribution in [3.05, 3.63) is 79.1 Å². The number of thiophene rings is 2. The summed E-state index contributed by atoms with van der Waals surface area (Å²) in [6.45, 7) is 2.96. The van der Waals surface area contributed by atoms with Crippen molar-refractivity contribution in [2.24, 2.45) is 0 Å². The summed E-state index contributed by atoms with van der Waals surface area (Å²) in [6.07, 6.45) is 0. The fourth-order valence-electron chi connectivity index (χ4n) is 2.21. The molecule has 3 rings (SSSR count). The minimum absolute atomic E-state index is 0.212. The van der Waals surface area contributed by atoms with E-state index in [0.717, 1.165) is 10.9 Å². The van der Waals surface area contributed by atoms with E-state index in [-0.39, 0.29) is 6.04 Å². The highest BCUT2D eigenvalue weighted by Gasteiger charge is 2.16. The summed E-state index contributed by atoms with van der Waals surface area (Å²) >= 11 is 9.51. The van der Waals surface area contributed by atoms with Crippen LogP contribution >= 0.6 is 34.3 Å². The highest BCUT2D eigenvalue weighted by atomic mass is 35.5. The van der Waals surface area contributed by atoms with Crippen LogP contribution in [0.2, 0.25) is 4.34 Å². The van der Waals surface area contributed by atoms with Gasteiger partial charge in [-0.2, -0.15) is 0 Å². The molecule has 1 atom stereocenters. The van der Waals surface area contributed by atoms with E-state index in [2.05, 4.69) is 60.1 Å². The highest BCUT2D eigenvalue weighted by Crippen LogP contribution is 2.33. The normalized spacial score (nSPS) is 12.5. The Kier molecular flexibility index (Phi) is 4.76. The lowest BCUT2D eigenvalue weighted by Gasteiger charge is -2.16. The topological polar surface area (TPSA) is 12.0 Å². The van der Waals surface area contributed by atoms with Crippen LogP contribution in [0.4, 0.5) is 0 Å². The molecule has 4 heteroatoms. The maximum atomic E-state index is 6.09. The summed E-state index contributed by atoms with van der Waals surface area (Å²) in [5.74, 6) is 0. The van der Waals surface area contributed by atoms with Gasteiger partial charge in [0, 0.05) is 16.3 Å². The molecule has 2 aromatic heterocycles. The summed E-state index contributed by atoms with van der Waals surface area (Å²) in [4.78, 5) is 2.58. The molecule has 0 radical (unpaired) electrons. The lowest BCUT2D eigenvalue weighted by molar-refractivity contribution is 0.621. The Balaban J connectivity index is 1.78. The molecule has 0 aliphatic heterocycles. The molecule has 0 amide bonds. The standard InChI is InChI=1S/C17H16ClNS2/c1-12-4-6-13(7-5-12)11-19-17(14-3-2-10-20-14)15-8-9-16(18)21-15/h2-10,17,19H,11H2,1H3. The molecule has 0 bridgehead atoms. The number of halogens is 1. The van der Waals surface area contributed by atoms with Crippen LogP contribution in [0.3, 0.4) is 0 Å². The average Bonchev–Trinajstić information content (AvgIpc) is 3.13. The summed E-state index contributed by atoms with van der Waals surface area (Å²) in [6, 6.07) is 17.2. The van der Waals surface area contributed by atoms with E-state index in [1.54, 1.807) is 22.7 Å². The van der Waals surface area contributed by atoms with E-state index in [4.69, 9.17) is 11.6 Å². The molecule has 1 nitrogen and oxygen atoms in total. The molecule has 108 valence electrons. The minimum Gasteiger partial charge on any atom is -0.301 e. The molecule has 0 aliphatic rings. The third-order valence-corrected chi connectivity index (χ3v) is 5.57. The molecule has 3 aromatic rings. The van der Waals surface area contributed by atoms with Crippen molar-refractivity contribution in [1.29, 1.82) is 0 Å². The molecular formula is C17H16ClNS2. The van der Waals surface area contributed by atoms with Gasteiger partial charge in [0.05, 0.1) is 10.4 Å². The van der Waals surface area contributed by atoms with Gasteiger partial charge in [0.15, 0.2) is 0 Å². The van der Waals surface area contributed by atoms with Gasteiger partial charge in [-0.1, -0.05) is 47.5 Å². The van der Waals surface area contributed by atoms with Gasteiger partial charge in [-0.3, -0.25) is 0 Å². The van der Waals surface area contributed by atoms with E-state index in [1.807, 2.05) is 6.07 Å². The number of rotatable bonds is 5. The lowest BCUT2D eigenvalue weighted by Crippen LogP contribution is -2.20. The first-order valence-electron chi connectivity index (χ1n) is 6.80. The van der Waals surface area contributed by atoms with Crippen molar-refractivity contribution in [2.75, 3.05) is 0 Å². The van der Waals surface area contributed by atoms with Crippen LogP contribution in [-0.2, 0) is 6.54 Å². The van der Waals surface area contributed by atoms with Gasteiger partial charge in [0.1, 0.15) is 0 Å². The van der Waals surface area contributed by atoms with E-state index in [1.165, 1.54) is 20.9 Å². The van der Waals surface area contributed by atoms with Crippen molar-refractivity contribution in [2.45, 2.75) is 19.5 Å². The molecule has 0 aliphatic carbocycles. The van der Waals surface area contributed by atoms with Crippen LogP contribution in [0.25, 0.3) is 0 Å². The number of hydrogen-bond donors (Lipinski definition) is 1. The SMILES string of the molecule is Cc1ccc(CNC(c2cccs2)c2ccc(Cl)s2)cc1. The van der Waals surface area contributed by atoms with Crippen molar-refractivity contribution in [3.63, 3.8) is 0 Å². The zero-order valence-corrected chi connectivity index (χ0v) is 14.1. The van der Waals surface area contributed by atoms with Crippen molar-refractivity contribution < 1.29 is 0 Å². The van der Waals surface area contributed by atoms with Crippen LogP contribution < -0.4 is 5.32 Å². The molecule has 1 unspecified atom stereocenters. The third-order valence-electron chi connectivity index (χ3n) is 3.34. The highest BCUT2D eigenvalue weighted by molar-refractivity contribution is 7.16. The zero-order chi connectivity index (χ0) is 14.7. The maximum Gasteiger partial charge on any atom is 0.0931 e. The maximum absolute atomic E-state index is 6.09. The second kappa shape index (κ2) is 6.75. The first-order chi connectivity index (χ1) is 10.2. The number of hydrogen-bond acceptors (Lipinski definition) is 3. The third kappa shape index (κ3) is 3.74. The Hall–Kier alpha value is -1.13. The Morgan fingerprint density at radius 3 is 2.48 bits per heavy atom. The molecule has 1 aromatic carbocycles. The molecule has 0 saturated heterocycles. The van der Waals surface area contributed by atoms with Gasteiger partial charge in [-0.25, -0.2) is 0 Å². The Labute approximate surface area is 138 Å². The molecule has 0 spiro atoms. The fraction of sp³-hybridized carbons (Fsp3) is 0.176. The zero-order valence-electron chi connectivity index (χ0n) is 11.7. The molecular weight excluding hydrogens is 318 g/mol. The van der Waals surface area contributed by atoms with Crippen molar-refractivity contribution in [1.82, 2.24) is 5.32 Å². The fourth-order valence-corrected chi connectivity index (χ4v) is 4.25. The molecule has 0 saturated carbocycles. The predicted molar refractivity (Wildman–Crippen MR) is 93.5 cm³/mol. The van der Waals surface area contributed by atoms with Crippen LogP contribution in [-0.4, -0.2) is 0 Å². The quantitative estimate of drug-likeness (QED) is 0.636. The molecule has 1 N–H and O–H groups in total.